The molecule has 7 nitrogen and oxygen atoms in total. The maximum Gasteiger partial charge on any atom is 0.263 e. The summed E-state index contributed by atoms with van der Waals surface area (Å²) in [6, 6.07) is 3.91. The van der Waals surface area contributed by atoms with Crippen LogP contribution in [0.2, 0.25) is 0 Å². The highest BCUT2D eigenvalue weighted by Gasteiger charge is 2.45. The molecular formula is C20H23N3O4. The number of piperidine rings is 1. The van der Waals surface area contributed by atoms with Gasteiger partial charge < -0.3 is 5.73 Å². The lowest BCUT2D eigenvalue weighted by Crippen LogP contribution is -2.54. The maximum absolute atomic E-state index is 12.8. The van der Waals surface area contributed by atoms with Gasteiger partial charge in [0.25, 0.3) is 11.8 Å². The highest BCUT2D eigenvalue weighted by atomic mass is 16.2. The first-order chi connectivity index (χ1) is 13.0. The number of unbranched alkanes of at least 4 members (excludes halogenated alkanes) is 1. The molecule has 27 heavy (non-hydrogen) atoms. The summed E-state index contributed by atoms with van der Waals surface area (Å²) < 4.78 is 0. The zero-order valence-electron chi connectivity index (χ0n) is 15.5. The molecule has 1 aromatic carbocycles. The van der Waals surface area contributed by atoms with E-state index in [4.69, 9.17) is 5.73 Å². The van der Waals surface area contributed by atoms with E-state index < -0.39 is 29.7 Å². The van der Waals surface area contributed by atoms with E-state index in [2.05, 4.69) is 17.2 Å². The zero-order chi connectivity index (χ0) is 20.0. The standard InChI is InChI=1S/C18H17N3O4.C2H6/c19-10-3-1-2-5-11-6-4-7-12-15(11)18(25)21(17(12)24)13-8-9-14(22)20-16(13)23;1-2/h4,6-7,13H,1,3,8-10,19H2,(H,20,22,23);1-2H3. The van der Waals surface area contributed by atoms with Crippen molar-refractivity contribution in [2.75, 3.05) is 6.54 Å². The fourth-order valence-electron chi connectivity index (χ4n) is 2.97. The van der Waals surface area contributed by atoms with Gasteiger partial charge in [-0.2, -0.15) is 0 Å². The predicted molar refractivity (Wildman–Crippen MR) is 99.6 cm³/mol. The second kappa shape index (κ2) is 9.10. The number of amides is 4. The average Bonchev–Trinajstić information content (AvgIpc) is 2.92. The Balaban J connectivity index is 0.00000126. The van der Waals surface area contributed by atoms with E-state index in [9.17, 15) is 19.2 Å². The number of carbonyl (C=O) groups is 4. The van der Waals surface area contributed by atoms with Crippen molar-refractivity contribution in [3.63, 3.8) is 0 Å². The normalized spacial score (nSPS) is 18.2. The lowest BCUT2D eigenvalue weighted by atomic mass is 10.0. The number of hydrogen-bond acceptors (Lipinski definition) is 5. The van der Waals surface area contributed by atoms with Crippen molar-refractivity contribution in [1.29, 1.82) is 0 Å². The summed E-state index contributed by atoms with van der Waals surface area (Å²) in [5.41, 5.74) is 6.34. The van der Waals surface area contributed by atoms with Gasteiger partial charge in [-0.3, -0.25) is 29.4 Å². The van der Waals surface area contributed by atoms with Gasteiger partial charge in [0.05, 0.1) is 11.1 Å². The number of rotatable bonds is 3. The summed E-state index contributed by atoms with van der Waals surface area (Å²) >= 11 is 0. The Bertz CT molecular complexity index is 835. The van der Waals surface area contributed by atoms with Crippen molar-refractivity contribution >= 4 is 23.6 Å². The Morgan fingerprint density at radius 1 is 1.19 bits per heavy atom. The minimum absolute atomic E-state index is 0.0928. The predicted octanol–water partition coefficient (Wildman–Crippen LogP) is 1.20. The topological polar surface area (TPSA) is 110 Å². The fraction of sp³-hybridized carbons (Fsp3) is 0.400. The molecule has 1 unspecified atom stereocenters. The molecule has 3 rings (SSSR count). The molecule has 2 heterocycles. The van der Waals surface area contributed by atoms with Gasteiger partial charge >= 0.3 is 0 Å². The maximum atomic E-state index is 12.8. The van der Waals surface area contributed by atoms with E-state index >= 15 is 0 Å². The van der Waals surface area contributed by atoms with Gasteiger partial charge in [-0.15, -0.1) is 0 Å². The molecular weight excluding hydrogens is 346 g/mol. The number of benzene rings is 1. The van der Waals surface area contributed by atoms with E-state index in [-0.39, 0.29) is 24.0 Å². The second-order valence-corrected chi connectivity index (χ2v) is 5.87. The van der Waals surface area contributed by atoms with Crippen LogP contribution in [-0.2, 0) is 9.59 Å². The highest BCUT2D eigenvalue weighted by molar-refractivity contribution is 6.24. The third kappa shape index (κ3) is 4.07. The van der Waals surface area contributed by atoms with Crippen molar-refractivity contribution < 1.29 is 19.2 Å². The first-order valence-electron chi connectivity index (χ1n) is 9.08. The van der Waals surface area contributed by atoms with Gasteiger partial charge in [0.15, 0.2) is 0 Å². The number of nitrogens with zero attached hydrogens (tertiary/aromatic N) is 1. The largest absolute Gasteiger partial charge is 0.330 e. The summed E-state index contributed by atoms with van der Waals surface area (Å²) in [6.45, 7) is 4.53. The van der Waals surface area contributed by atoms with Crippen molar-refractivity contribution in [1.82, 2.24) is 10.2 Å². The molecule has 142 valence electrons. The van der Waals surface area contributed by atoms with E-state index in [1.165, 1.54) is 0 Å². The molecule has 1 saturated heterocycles. The van der Waals surface area contributed by atoms with Crippen molar-refractivity contribution in [2.24, 2.45) is 5.73 Å². The van der Waals surface area contributed by atoms with Crippen molar-refractivity contribution in [2.45, 2.75) is 45.6 Å². The third-order valence-corrected chi connectivity index (χ3v) is 4.20. The quantitative estimate of drug-likeness (QED) is 0.473. The minimum Gasteiger partial charge on any atom is -0.330 e. The van der Waals surface area contributed by atoms with Gasteiger partial charge in [0.1, 0.15) is 6.04 Å². The van der Waals surface area contributed by atoms with Crippen LogP contribution < -0.4 is 11.1 Å². The molecule has 0 radical (unpaired) electrons. The Labute approximate surface area is 158 Å². The van der Waals surface area contributed by atoms with E-state index in [1.807, 2.05) is 13.8 Å². The van der Waals surface area contributed by atoms with Crippen LogP contribution >= 0.6 is 0 Å². The van der Waals surface area contributed by atoms with Gasteiger partial charge in [0, 0.05) is 18.4 Å². The molecule has 7 heteroatoms. The molecule has 0 spiro atoms. The molecule has 0 aliphatic carbocycles. The van der Waals surface area contributed by atoms with E-state index in [0.717, 1.165) is 11.3 Å². The summed E-state index contributed by atoms with van der Waals surface area (Å²) in [6.07, 6.45) is 1.57. The lowest BCUT2D eigenvalue weighted by molar-refractivity contribution is -0.136. The van der Waals surface area contributed by atoms with Crippen LogP contribution in [0.25, 0.3) is 0 Å². The monoisotopic (exact) mass is 369 g/mol. The molecule has 2 aliphatic rings. The molecule has 1 fully saturated rings. The molecule has 1 aromatic rings. The van der Waals surface area contributed by atoms with Crippen molar-refractivity contribution in [3.05, 3.63) is 34.9 Å². The summed E-state index contributed by atoms with van der Waals surface area (Å²) in [7, 11) is 0. The summed E-state index contributed by atoms with van der Waals surface area (Å²) in [4.78, 5) is 49.7. The first kappa shape index (κ1) is 20.3. The molecule has 3 N–H and O–H groups in total. The third-order valence-electron chi connectivity index (χ3n) is 4.20. The minimum atomic E-state index is -0.969. The number of imide groups is 2. The smallest absolute Gasteiger partial charge is 0.263 e. The Morgan fingerprint density at radius 3 is 2.59 bits per heavy atom. The fourth-order valence-corrected chi connectivity index (χ4v) is 2.97. The molecule has 2 aliphatic heterocycles. The Hall–Kier alpha value is -2.98. The molecule has 0 saturated carbocycles. The lowest BCUT2D eigenvalue weighted by Gasteiger charge is -2.27. The summed E-state index contributed by atoms with van der Waals surface area (Å²) in [5, 5.41) is 2.17. The van der Waals surface area contributed by atoms with Crippen LogP contribution in [0.4, 0.5) is 0 Å². The van der Waals surface area contributed by atoms with Crippen LogP contribution in [-0.4, -0.2) is 41.1 Å². The van der Waals surface area contributed by atoms with Crippen molar-refractivity contribution in [3.8, 4) is 11.8 Å². The Kier molecular flexibility index (Phi) is 6.85. The van der Waals surface area contributed by atoms with E-state index in [1.54, 1.807) is 18.2 Å². The van der Waals surface area contributed by atoms with Crippen LogP contribution in [0.5, 0.6) is 0 Å². The van der Waals surface area contributed by atoms with Gasteiger partial charge in [-0.25, -0.2) is 0 Å². The zero-order valence-corrected chi connectivity index (χ0v) is 15.5. The molecule has 1 atom stereocenters. The number of carbonyl (C=O) groups excluding carboxylic acids is 4. The van der Waals surface area contributed by atoms with E-state index in [0.29, 0.717) is 18.5 Å². The van der Waals surface area contributed by atoms with Gasteiger partial charge in [0.2, 0.25) is 11.8 Å². The van der Waals surface area contributed by atoms with Crippen LogP contribution in [0.3, 0.4) is 0 Å². The van der Waals surface area contributed by atoms with Crippen LogP contribution in [0.15, 0.2) is 18.2 Å². The highest BCUT2D eigenvalue weighted by Crippen LogP contribution is 2.29. The SMILES string of the molecule is CC.NCCCC#Cc1cccc2c1C(=O)N(C1CCC(=O)NC1=O)C2=O. The first-order valence-corrected chi connectivity index (χ1v) is 9.08. The molecule has 0 aromatic heterocycles. The second-order valence-electron chi connectivity index (χ2n) is 5.87. The van der Waals surface area contributed by atoms with Gasteiger partial charge in [-0.05, 0) is 31.5 Å². The average molecular weight is 369 g/mol. The van der Waals surface area contributed by atoms with Crippen LogP contribution in [0.1, 0.15) is 65.8 Å². The van der Waals surface area contributed by atoms with Gasteiger partial charge in [-0.1, -0.05) is 31.8 Å². The number of hydrogen-bond donors (Lipinski definition) is 2. The number of nitrogens with two attached hydrogens (primary N) is 1. The van der Waals surface area contributed by atoms with Crippen LogP contribution in [0, 0.1) is 11.8 Å². The number of nitrogens with one attached hydrogen (secondary N) is 1. The molecule has 0 bridgehead atoms. The summed E-state index contributed by atoms with van der Waals surface area (Å²) in [5.74, 6) is 3.76. The Morgan fingerprint density at radius 2 is 1.93 bits per heavy atom. The number of fused-ring (bicyclic) bond motifs is 1. The molecule has 4 amide bonds.